The van der Waals surface area contributed by atoms with E-state index in [1.165, 1.54) is 37.2 Å². The number of rotatable bonds is 6. The average Bonchev–Trinajstić information content (AvgIpc) is 3.15. The molecule has 2 rings (SSSR count). The van der Waals surface area contributed by atoms with Crippen LogP contribution in [-0.4, -0.2) is 54.8 Å². The second-order valence-corrected chi connectivity index (χ2v) is 6.18. The molecular formula is C12H24N2OS. The van der Waals surface area contributed by atoms with Crippen LogP contribution < -0.4 is 5.73 Å². The van der Waals surface area contributed by atoms with Gasteiger partial charge in [0, 0.05) is 31.8 Å². The zero-order chi connectivity index (χ0) is 11.4. The van der Waals surface area contributed by atoms with Crippen LogP contribution in [0.5, 0.6) is 0 Å². The van der Waals surface area contributed by atoms with Gasteiger partial charge >= 0.3 is 0 Å². The van der Waals surface area contributed by atoms with Crippen LogP contribution in [0.1, 0.15) is 25.7 Å². The van der Waals surface area contributed by atoms with Crippen molar-refractivity contribution >= 4 is 11.8 Å². The first-order chi connectivity index (χ1) is 7.82. The molecule has 4 heteroatoms. The van der Waals surface area contributed by atoms with Crippen molar-refractivity contribution in [1.82, 2.24) is 4.90 Å². The maximum atomic E-state index is 6.08. The predicted octanol–water partition coefficient (Wildman–Crippen LogP) is 1.32. The third-order valence-corrected chi connectivity index (χ3v) is 4.92. The Morgan fingerprint density at radius 3 is 2.56 bits per heavy atom. The van der Waals surface area contributed by atoms with Gasteiger partial charge in [-0.05, 0) is 37.2 Å². The topological polar surface area (TPSA) is 38.5 Å². The Labute approximate surface area is 103 Å². The molecule has 1 heterocycles. The summed E-state index contributed by atoms with van der Waals surface area (Å²) in [7, 11) is 1.79. The molecule has 0 atom stereocenters. The van der Waals surface area contributed by atoms with Gasteiger partial charge in [-0.1, -0.05) is 0 Å². The SMILES string of the molecule is COCCN(C1CC1)C1(CN)CCSCC1. The van der Waals surface area contributed by atoms with E-state index in [9.17, 15) is 0 Å². The lowest BCUT2D eigenvalue weighted by Gasteiger charge is -2.46. The molecular weight excluding hydrogens is 220 g/mol. The standard InChI is InChI=1S/C12H24N2OS/c1-15-7-6-14(11-2-3-11)12(10-13)4-8-16-9-5-12/h11H,2-10,13H2,1H3. The summed E-state index contributed by atoms with van der Waals surface area (Å²) in [6.45, 7) is 2.71. The van der Waals surface area contributed by atoms with Crippen molar-refractivity contribution in [3.8, 4) is 0 Å². The van der Waals surface area contributed by atoms with E-state index >= 15 is 0 Å². The van der Waals surface area contributed by atoms with E-state index in [-0.39, 0.29) is 5.54 Å². The first-order valence-corrected chi connectivity index (χ1v) is 7.51. The van der Waals surface area contributed by atoms with Crippen molar-refractivity contribution in [1.29, 1.82) is 0 Å². The minimum atomic E-state index is 0.283. The molecule has 0 unspecified atom stereocenters. The summed E-state index contributed by atoms with van der Waals surface area (Å²) in [5, 5.41) is 0. The number of nitrogens with two attached hydrogens (primary N) is 1. The highest BCUT2D eigenvalue weighted by molar-refractivity contribution is 7.99. The first kappa shape index (κ1) is 12.7. The van der Waals surface area contributed by atoms with Gasteiger partial charge in [0.25, 0.3) is 0 Å². The van der Waals surface area contributed by atoms with Gasteiger partial charge in [0.2, 0.25) is 0 Å². The summed E-state index contributed by atoms with van der Waals surface area (Å²) in [4.78, 5) is 2.66. The molecule has 2 aliphatic rings. The van der Waals surface area contributed by atoms with Gasteiger partial charge in [-0.25, -0.2) is 0 Å². The van der Waals surface area contributed by atoms with Gasteiger partial charge in [-0.2, -0.15) is 11.8 Å². The Morgan fingerprint density at radius 1 is 1.38 bits per heavy atom. The lowest BCUT2D eigenvalue weighted by molar-refractivity contribution is 0.0462. The van der Waals surface area contributed by atoms with Crippen molar-refractivity contribution in [2.75, 3.05) is 38.3 Å². The molecule has 2 N–H and O–H groups in total. The van der Waals surface area contributed by atoms with Gasteiger partial charge in [-0.3, -0.25) is 4.90 Å². The number of hydrogen-bond donors (Lipinski definition) is 1. The van der Waals surface area contributed by atoms with Crippen LogP contribution in [0.4, 0.5) is 0 Å². The summed E-state index contributed by atoms with van der Waals surface area (Å²) in [6, 6.07) is 0.793. The molecule has 0 aromatic carbocycles. The van der Waals surface area contributed by atoms with Crippen LogP contribution in [0.2, 0.25) is 0 Å². The lowest BCUT2D eigenvalue weighted by Crippen LogP contribution is -2.57. The fourth-order valence-electron chi connectivity index (χ4n) is 2.74. The average molecular weight is 244 g/mol. The van der Waals surface area contributed by atoms with Gasteiger partial charge in [-0.15, -0.1) is 0 Å². The van der Waals surface area contributed by atoms with E-state index in [1.54, 1.807) is 7.11 Å². The van der Waals surface area contributed by atoms with Crippen LogP contribution in [0.15, 0.2) is 0 Å². The smallest absolute Gasteiger partial charge is 0.0590 e. The third kappa shape index (κ3) is 2.73. The summed E-state index contributed by atoms with van der Waals surface area (Å²) >= 11 is 2.07. The molecule has 1 aliphatic heterocycles. The molecule has 16 heavy (non-hydrogen) atoms. The van der Waals surface area contributed by atoms with Crippen molar-refractivity contribution in [3.05, 3.63) is 0 Å². The maximum absolute atomic E-state index is 6.08. The maximum Gasteiger partial charge on any atom is 0.0590 e. The van der Waals surface area contributed by atoms with Crippen LogP contribution in [0, 0.1) is 0 Å². The number of methoxy groups -OCH3 is 1. The van der Waals surface area contributed by atoms with Gasteiger partial charge in [0.15, 0.2) is 0 Å². The molecule has 0 radical (unpaired) electrons. The molecule has 0 aromatic rings. The van der Waals surface area contributed by atoms with Crippen LogP contribution in [-0.2, 0) is 4.74 Å². The summed E-state index contributed by atoms with van der Waals surface area (Å²) in [5.41, 5.74) is 6.37. The highest BCUT2D eigenvalue weighted by Gasteiger charge is 2.43. The van der Waals surface area contributed by atoms with E-state index < -0.39 is 0 Å². The number of hydrogen-bond acceptors (Lipinski definition) is 4. The summed E-state index contributed by atoms with van der Waals surface area (Å²) in [5.74, 6) is 2.54. The van der Waals surface area contributed by atoms with Crippen molar-refractivity contribution in [2.45, 2.75) is 37.3 Å². The van der Waals surface area contributed by atoms with Crippen molar-refractivity contribution < 1.29 is 4.74 Å². The fraction of sp³-hybridized carbons (Fsp3) is 1.00. The second kappa shape index (κ2) is 5.71. The normalized spacial score (nSPS) is 24.9. The van der Waals surface area contributed by atoms with E-state index in [0.717, 1.165) is 25.7 Å². The monoisotopic (exact) mass is 244 g/mol. The van der Waals surface area contributed by atoms with Crippen LogP contribution >= 0.6 is 11.8 Å². The van der Waals surface area contributed by atoms with Crippen LogP contribution in [0.25, 0.3) is 0 Å². The Morgan fingerprint density at radius 2 is 2.06 bits per heavy atom. The Hall–Kier alpha value is 0.230. The second-order valence-electron chi connectivity index (χ2n) is 4.96. The molecule has 94 valence electrons. The predicted molar refractivity (Wildman–Crippen MR) is 69.9 cm³/mol. The largest absolute Gasteiger partial charge is 0.383 e. The fourth-order valence-corrected chi connectivity index (χ4v) is 4.00. The van der Waals surface area contributed by atoms with E-state index in [2.05, 4.69) is 16.7 Å². The molecule has 0 aromatic heterocycles. The number of ether oxygens (including phenoxy) is 1. The van der Waals surface area contributed by atoms with Crippen molar-refractivity contribution in [3.63, 3.8) is 0 Å². The lowest BCUT2D eigenvalue weighted by atomic mass is 9.89. The van der Waals surface area contributed by atoms with Gasteiger partial charge in [0.1, 0.15) is 0 Å². The molecule has 1 aliphatic carbocycles. The number of thioether (sulfide) groups is 1. The highest BCUT2D eigenvalue weighted by atomic mass is 32.2. The molecule has 0 bridgehead atoms. The highest BCUT2D eigenvalue weighted by Crippen LogP contribution is 2.39. The van der Waals surface area contributed by atoms with Gasteiger partial charge in [0.05, 0.1) is 6.61 Å². The van der Waals surface area contributed by atoms with E-state index in [1.807, 2.05) is 0 Å². The minimum Gasteiger partial charge on any atom is -0.383 e. The Kier molecular flexibility index (Phi) is 4.53. The first-order valence-electron chi connectivity index (χ1n) is 6.36. The zero-order valence-corrected chi connectivity index (χ0v) is 11.1. The summed E-state index contributed by atoms with van der Waals surface area (Å²) in [6.07, 6.45) is 5.24. The molecule has 2 fully saturated rings. The summed E-state index contributed by atoms with van der Waals surface area (Å²) < 4.78 is 5.24. The van der Waals surface area contributed by atoms with Crippen LogP contribution in [0.3, 0.4) is 0 Å². The van der Waals surface area contributed by atoms with E-state index in [0.29, 0.717) is 0 Å². The minimum absolute atomic E-state index is 0.283. The molecule has 0 spiro atoms. The van der Waals surface area contributed by atoms with Crippen molar-refractivity contribution in [2.24, 2.45) is 5.73 Å². The zero-order valence-electron chi connectivity index (χ0n) is 10.3. The molecule has 1 saturated heterocycles. The number of nitrogens with zero attached hydrogens (tertiary/aromatic N) is 1. The Balaban J connectivity index is 2.01. The van der Waals surface area contributed by atoms with E-state index in [4.69, 9.17) is 10.5 Å². The molecule has 3 nitrogen and oxygen atoms in total. The third-order valence-electron chi connectivity index (χ3n) is 3.94. The van der Waals surface area contributed by atoms with Gasteiger partial charge < -0.3 is 10.5 Å². The molecule has 0 amide bonds. The molecule has 1 saturated carbocycles. The Bertz CT molecular complexity index is 215. The quantitative estimate of drug-likeness (QED) is 0.765.